The smallest absolute Gasteiger partial charge is 0.300 e. The minimum absolute atomic E-state index is 0.0126. The van der Waals surface area contributed by atoms with Gasteiger partial charge in [-0.1, -0.05) is 29.7 Å². The number of benzene rings is 3. The van der Waals surface area contributed by atoms with Crippen LogP contribution < -0.4 is 20.1 Å². The van der Waals surface area contributed by atoms with E-state index in [1.165, 1.54) is 24.5 Å². The Kier molecular flexibility index (Phi) is 8.47. The van der Waals surface area contributed by atoms with E-state index in [0.717, 1.165) is 25.6 Å². The molecule has 1 aliphatic rings. The van der Waals surface area contributed by atoms with E-state index in [-0.39, 0.29) is 35.0 Å². The fraction of sp³-hybridized carbons (Fsp3) is 0.233. The van der Waals surface area contributed by atoms with Gasteiger partial charge in [-0.05, 0) is 56.1 Å². The lowest BCUT2D eigenvalue weighted by Gasteiger charge is -2.18. The lowest BCUT2D eigenvalue weighted by Crippen LogP contribution is -2.22. The summed E-state index contributed by atoms with van der Waals surface area (Å²) in [7, 11) is 2.02. The first-order chi connectivity index (χ1) is 19.8. The van der Waals surface area contributed by atoms with E-state index < -0.39 is 17.5 Å². The molecular weight excluding hydrogens is 552 g/mol. The molecule has 4 aromatic rings. The Labute approximate surface area is 240 Å². The average Bonchev–Trinajstić information content (AvgIpc) is 3.35. The first-order valence-corrected chi connectivity index (χ1v) is 13.2. The molecule has 11 heteroatoms. The number of aromatic nitrogens is 2. The van der Waals surface area contributed by atoms with Crippen LogP contribution in [0.3, 0.4) is 0 Å². The van der Waals surface area contributed by atoms with Crippen LogP contribution >= 0.6 is 11.6 Å². The molecule has 41 heavy (non-hydrogen) atoms. The summed E-state index contributed by atoms with van der Waals surface area (Å²) in [6.07, 6.45) is 2.13. The maximum absolute atomic E-state index is 15.2. The van der Waals surface area contributed by atoms with Gasteiger partial charge >= 0.3 is 0 Å². The van der Waals surface area contributed by atoms with Gasteiger partial charge in [0.1, 0.15) is 48.0 Å². The van der Waals surface area contributed by atoms with E-state index >= 15 is 4.39 Å². The van der Waals surface area contributed by atoms with Gasteiger partial charge in [0.25, 0.3) is 5.91 Å². The number of fused-ring (bicyclic) bond motifs is 1. The second-order valence-electron chi connectivity index (χ2n) is 9.51. The number of likely N-dealkylation sites (N-methyl/N-ethyl adjacent to an activating group) is 1. The van der Waals surface area contributed by atoms with Crippen molar-refractivity contribution in [1.29, 1.82) is 0 Å². The van der Waals surface area contributed by atoms with Crippen LogP contribution in [0.15, 0.2) is 54.9 Å². The van der Waals surface area contributed by atoms with Crippen molar-refractivity contribution in [3.63, 3.8) is 0 Å². The molecule has 1 atom stereocenters. The normalized spacial score (nSPS) is 14.8. The summed E-state index contributed by atoms with van der Waals surface area (Å²) in [5.41, 5.74) is 1.53. The number of carbonyl (C=O) groups is 1. The van der Waals surface area contributed by atoms with E-state index in [1.54, 1.807) is 31.2 Å². The zero-order valence-electron chi connectivity index (χ0n) is 22.3. The number of anilines is 3. The predicted molar refractivity (Wildman–Crippen MR) is 154 cm³/mol. The first kappa shape index (κ1) is 28.1. The van der Waals surface area contributed by atoms with Gasteiger partial charge in [0.05, 0.1) is 21.9 Å². The molecule has 8 nitrogen and oxygen atoms in total. The molecule has 0 bridgehead atoms. The van der Waals surface area contributed by atoms with Crippen molar-refractivity contribution in [3.05, 3.63) is 77.1 Å². The Morgan fingerprint density at radius 2 is 2.00 bits per heavy atom. The van der Waals surface area contributed by atoms with Crippen LogP contribution in [0, 0.1) is 23.5 Å². The molecule has 1 amide bonds. The number of likely N-dealkylation sites (tertiary alicyclic amines) is 1. The second-order valence-corrected chi connectivity index (χ2v) is 9.92. The second kappa shape index (κ2) is 12.4. The summed E-state index contributed by atoms with van der Waals surface area (Å²) in [6.45, 7) is 3.23. The monoisotopic (exact) mass is 577 g/mol. The molecule has 1 saturated heterocycles. The van der Waals surface area contributed by atoms with E-state index in [2.05, 4.69) is 37.3 Å². The van der Waals surface area contributed by atoms with Gasteiger partial charge in [0, 0.05) is 30.6 Å². The van der Waals surface area contributed by atoms with Crippen LogP contribution in [0.1, 0.15) is 18.9 Å². The number of carbonyl (C=O) groups excluding carboxylic acids is 1. The Morgan fingerprint density at radius 1 is 1.15 bits per heavy atom. The number of nitrogens with zero attached hydrogens (tertiary/aromatic N) is 3. The van der Waals surface area contributed by atoms with E-state index in [1.807, 2.05) is 7.05 Å². The highest BCUT2D eigenvalue weighted by atomic mass is 35.5. The van der Waals surface area contributed by atoms with Crippen LogP contribution in [0.2, 0.25) is 5.02 Å². The zero-order chi connectivity index (χ0) is 28.9. The molecule has 3 aromatic carbocycles. The Hall–Kier alpha value is -4.46. The van der Waals surface area contributed by atoms with Crippen molar-refractivity contribution in [2.75, 3.05) is 30.8 Å². The topological polar surface area (TPSA) is 88.6 Å². The van der Waals surface area contributed by atoms with Crippen molar-refractivity contribution >= 4 is 45.6 Å². The van der Waals surface area contributed by atoms with Crippen LogP contribution in [-0.4, -0.2) is 47.0 Å². The van der Waals surface area contributed by atoms with Crippen molar-refractivity contribution < 1.29 is 23.0 Å². The molecule has 0 saturated carbocycles. The fourth-order valence-corrected chi connectivity index (χ4v) is 4.68. The number of hydrogen-bond donors (Lipinski definition) is 2. The summed E-state index contributed by atoms with van der Waals surface area (Å²) in [5.74, 6) is 4.32. The van der Waals surface area contributed by atoms with Crippen LogP contribution in [0.4, 0.5) is 26.0 Å². The molecule has 1 aromatic heterocycles. The third-order valence-electron chi connectivity index (χ3n) is 6.42. The third-order valence-corrected chi connectivity index (χ3v) is 6.72. The van der Waals surface area contributed by atoms with Gasteiger partial charge in [0.2, 0.25) is 0 Å². The number of amides is 1. The van der Waals surface area contributed by atoms with Crippen LogP contribution in [0.5, 0.6) is 11.5 Å². The first-order valence-electron chi connectivity index (χ1n) is 12.8. The maximum atomic E-state index is 15.2. The number of nitrogens with one attached hydrogen (secondary N) is 2. The lowest BCUT2D eigenvalue weighted by atomic mass is 10.1. The Balaban J connectivity index is 1.43. The van der Waals surface area contributed by atoms with Gasteiger partial charge in [-0.3, -0.25) is 4.79 Å². The maximum Gasteiger partial charge on any atom is 0.300 e. The number of halogens is 3. The molecule has 0 unspecified atom stereocenters. The van der Waals surface area contributed by atoms with Gasteiger partial charge in [-0.2, -0.15) is 0 Å². The van der Waals surface area contributed by atoms with Crippen molar-refractivity contribution in [3.8, 4) is 23.3 Å². The number of hydrogen-bond acceptors (Lipinski definition) is 7. The van der Waals surface area contributed by atoms with Crippen molar-refractivity contribution in [1.82, 2.24) is 14.9 Å². The van der Waals surface area contributed by atoms with E-state index in [9.17, 15) is 9.18 Å². The minimum atomic E-state index is -0.646. The quantitative estimate of drug-likeness (QED) is 0.251. The fourth-order valence-electron chi connectivity index (χ4n) is 4.47. The third kappa shape index (κ3) is 6.82. The molecule has 0 spiro atoms. The van der Waals surface area contributed by atoms with Gasteiger partial charge in [0.15, 0.2) is 0 Å². The molecule has 0 aliphatic carbocycles. The molecule has 1 fully saturated rings. The van der Waals surface area contributed by atoms with Crippen molar-refractivity contribution in [2.24, 2.45) is 0 Å². The Morgan fingerprint density at radius 3 is 2.76 bits per heavy atom. The molecule has 2 heterocycles. The predicted octanol–water partition coefficient (Wildman–Crippen LogP) is 5.93. The number of rotatable bonds is 8. The van der Waals surface area contributed by atoms with Crippen molar-refractivity contribution in [2.45, 2.75) is 26.1 Å². The van der Waals surface area contributed by atoms with Crippen LogP contribution in [0.25, 0.3) is 10.9 Å². The SMILES string of the molecule is CC#CC(=O)Nc1cc2c(Nc3cc(Cl)c(OCc4cccc(F)c4)cc3F)ncnc2cc1O[C@@H]1CCN(C)C1. The molecular formula is C30H26ClF2N5O3. The van der Waals surface area contributed by atoms with Crippen LogP contribution in [-0.2, 0) is 11.4 Å². The average molecular weight is 578 g/mol. The summed E-state index contributed by atoms with van der Waals surface area (Å²) in [5, 5.41) is 6.38. The molecule has 2 N–H and O–H groups in total. The highest BCUT2D eigenvalue weighted by molar-refractivity contribution is 6.32. The van der Waals surface area contributed by atoms with Gasteiger partial charge in [-0.15, -0.1) is 0 Å². The number of ether oxygens (including phenoxy) is 2. The van der Waals surface area contributed by atoms with Gasteiger partial charge in [-0.25, -0.2) is 18.7 Å². The van der Waals surface area contributed by atoms with Gasteiger partial charge < -0.3 is 25.0 Å². The highest BCUT2D eigenvalue weighted by Gasteiger charge is 2.23. The van der Waals surface area contributed by atoms with E-state index in [4.69, 9.17) is 21.1 Å². The molecule has 1 aliphatic heterocycles. The molecule has 210 valence electrons. The standard InChI is InChI=1S/C30H26ClF2N5O3/c1-3-5-29(39)36-26-11-21-24(14-28(26)41-20-8-9-38(2)15-20)34-17-35-30(21)37-25-12-22(31)27(13-23(25)33)40-16-18-6-4-7-19(32)10-18/h4,6-7,10-14,17,20H,8-9,15-16H2,1-2H3,(H,36,39)(H,34,35,37)/t20-/m1/s1. The summed E-state index contributed by atoms with van der Waals surface area (Å²) >= 11 is 6.39. The lowest BCUT2D eigenvalue weighted by molar-refractivity contribution is -0.111. The summed E-state index contributed by atoms with van der Waals surface area (Å²) in [4.78, 5) is 23.2. The molecule has 0 radical (unpaired) electrons. The molecule has 5 rings (SSSR count). The summed E-state index contributed by atoms with van der Waals surface area (Å²) < 4.78 is 40.5. The zero-order valence-corrected chi connectivity index (χ0v) is 23.1. The minimum Gasteiger partial charge on any atom is -0.487 e. The van der Waals surface area contributed by atoms with E-state index in [0.29, 0.717) is 27.9 Å². The summed E-state index contributed by atoms with van der Waals surface area (Å²) in [6, 6.07) is 11.8. The highest BCUT2D eigenvalue weighted by Crippen LogP contribution is 2.37. The Bertz CT molecular complexity index is 1670. The largest absolute Gasteiger partial charge is 0.487 e.